The Bertz CT molecular complexity index is 1280. The summed E-state index contributed by atoms with van der Waals surface area (Å²) in [6.45, 7) is 0.931. The van der Waals surface area contributed by atoms with Crippen molar-refractivity contribution in [2.24, 2.45) is 0 Å². The van der Waals surface area contributed by atoms with E-state index in [2.05, 4.69) is 5.32 Å². The minimum atomic E-state index is -0.622. The maximum atomic E-state index is 13.3. The second-order valence-electron chi connectivity index (χ2n) is 9.31. The van der Waals surface area contributed by atoms with E-state index in [0.29, 0.717) is 18.8 Å². The molecule has 35 heavy (non-hydrogen) atoms. The number of para-hydroxylation sites is 1. The highest BCUT2D eigenvalue weighted by atomic mass is 16.2. The van der Waals surface area contributed by atoms with Crippen LogP contribution in [0, 0.1) is 0 Å². The van der Waals surface area contributed by atoms with Gasteiger partial charge in [-0.15, -0.1) is 0 Å². The number of urea groups is 2. The molecule has 3 fully saturated rings. The minimum absolute atomic E-state index is 0.0944. The zero-order valence-corrected chi connectivity index (χ0v) is 19.2. The van der Waals surface area contributed by atoms with Gasteiger partial charge in [0.05, 0.1) is 12.2 Å². The van der Waals surface area contributed by atoms with E-state index in [1.165, 1.54) is 4.90 Å². The number of hydrogen-bond donors (Lipinski definition) is 1. The van der Waals surface area contributed by atoms with Crippen molar-refractivity contribution >= 4 is 23.7 Å². The molecule has 2 saturated heterocycles. The zero-order valence-electron chi connectivity index (χ0n) is 19.2. The molecule has 1 unspecified atom stereocenters. The van der Waals surface area contributed by atoms with E-state index in [4.69, 9.17) is 0 Å². The highest BCUT2D eigenvalue weighted by Crippen LogP contribution is 2.46. The largest absolute Gasteiger partial charge is 0.327 e. The molecule has 1 N–H and O–H groups in total. The molecule has 5 amide bonds. The molecular weight excluding hydrogens is 440 g/mol. The Balaban J connectivity index is 1.15. The lowest BCUT2D eigenvalue weighted by Crippen LogP contribution is -2.55. The van der Waals surface area contributed by atoms with Crippen molar-refractivity contribution in [2.75, 3.05) is 25.0 Å². The van der Waals surface area contributed by atoms with Crippen LogP contribution < -0.4 is 5.32 Å². The van der Waals surface area contributed by atoms with Gasteiger partial charge in [-0.05, 0) is 23.6 Å². The normalized spacial score (nSPS) is 23.3. The molecule has 0 aromatic heterocycles. The van der Waals surface area contributed by atoms with Gasteiger partial charge >= 0.3 is 12.1 Å². The summed E-state index contributed by atoms with van der Waals surface area (Å²) in [5, 5.41) is 3.02. The van der Waals surface area contributed by atoms with Crippen molar-refractivity contribution in [3.8, 4) is 11.1 Å². The van der Waals surface area contributed by atoms with Gasteiger partial charge in [0, 0.05) is 30.6 Å². The number of rotatable bonds is 4. The molecule has 7 heteroatoms. The van der Waals surface area contributed by atoms with Gasteiger partial charge in [-0.3, -0.25) is 9.69 Å². The Morgan fingerprint density at radius 1 is 0.829 bits per heavy atom. The van der Waals surface area contributed by atoms with Crippen molar-refractivity contribution in [3.63, 3.8) is 0 Å². The molecule has 0 spiro atoms. The summed E-state index contributed by atoms with van der Waals surface area (Å²) < 4.78 is 0. The number of fused-ring (bicyclic) bond motifs is 1. The van der Waals surface area contributed by atoms with Gasteiger partial charge in [0.2, 0.25) is 0 Å². The predicted molar refractivity (Wildman–Crippen MR) is 133 cm³/mol. The van der Waals surface area contributed by atoms with Crippen molar-refractivity contribution in [3.05, 3.63) is 90.5 Å². The molecule has 1 saturated carbocycles. The van der Waals surface area contributed by atoms with Crippen LogP contribution in [0.25, 0.3) is 11.1 Å². The number of anilines is 1. The van der Waals surface area contributed by atoms with Gasteiger partial charge in [-0.1, -0.05) is 78.9 Å². The van der Waals surface area contributed by atoms with E-state index < -0.39 is 6.04 Å². The van der Waals surface area contributed by atoms with Crippen LogP contribution in [0.2, 0.25) is 0 Å². The van der Waals surface area contributed by atoms with E-state index in [-0.39, 0.29) is 36.5 Å². The predicted octanol–water partition coefficient (Wildman–Crippen LogP) is 4.39. The monoisotopic (exact) mass is 466 g/mol. The second kappa shape index (κ2) is 8.58. The molecule has 3 aromatic carbocycles. The highest BCUT2D eigenvalue weighted by molar-refractivity contribution is 6.06. The Morgan fingerprint density at radius 3 is 2.29 bits per heavy atom. The van der Waals surface area contributed by atoms with E-state index in [0.717, 1.165) is 23.1 Å². The molecule has 1 aliphatic carbocycles. The molecule has 3 aliphatic rings. The number of carbonyl (C=O) groups is 3. The van der Waals surface area contributed by atoms with Crippen molar-refractivity contribution < 1.29 is 14.4 Å². The number of benzene rings is 3. The molecule has 0 radical (unpaired) electrons. The molecule has 2 heterocycles. The third-order valence-electron chi connectivity index (χ3n) is 7.21. The number of imide groups is 1. The van der Waals surface area contributed by atoms with E-state index >= 15 is 0 Å². The van der Waals surface area contributed by atoms with Crippen LogP contribution in [0.1, 0.15) is 17.9 Å². The minimum Gasteiger partial charge on any atom is -0.320 e. The molecule has 6 rings (SSSR count). The third-order valence-corrected chi connectivity index (χ3v) is 7.21. The number of nitrogens with one attached hydrogen (secondary N) is 1. The first-order chi connectivity index (χ1) is 17.1. The van der Waals surface area contributed by atoms with Crippen LogP contribution in [0.3, 0.4) is 0 Å². The fourth-order valence-electron chi connectivity index (χ4n) is 5.29. The van der Waals surface area contributed by atoms with Crippen LogP contribution in [-0.2, 0) is 4.79 Å². The Hall–Kier alpha value is -4.13. The van der Waals surface area contributed by atoms with E-state index in [9.17, 15) is 14.4 Å². The average Bonchev–Trinajstić information content (AvgIpc) is 3.65. The molecule has 3 atom stereocenters. The average molecular weight is 467 g/mol. The zero-order chi connectivity index (χ0) is 23.9. The molecular formula is C28H26N4O3. The van der Waals surface area contributed by atoms with Crippen LogP contribution in [-0.4, -0.2) is 64.4 Å². The SMILES string of the molecule is O=C(Nc1ccccc1-c1ccccc1)N1CCN2C(=O)N([C@@H]3C[C@H]3c3ccccc3)C(=O)C2C1. The van der Waals surface area contributed by atoms with Crippen LogP contribution in [0.5, 0.6) is 0 Å². The standard InChI is InChI=1S/C28H26N4O3/c33-26-25-18-30(27(34)29-23-14-8-7-13-21(23)19-9-3-1-4-10-19)15-16-31(25)28(35)32(26)24-17-22(24)20-11-5-2-6-12-20/h1-14,22,24-25H,15-18H2,(H,29,34)/t22-,24+,25?/m0/s1. The summed E-state index contributed by atoms with van der Waals surface area (Å²) in [4.78, 5) is 44.3. The summed E-state index contributed by atoms with van der Waals surface area (Å²) >= 11 is 0. The van der Waals surface area contributed by atoms with Gasteiger partial charge in [0.25, 0.3) is 5.91 Å². The van der Waals surface area contributed by atoms with Gasteiger partial charge in [-0.25, -0.2) is 9.59 Å². The summed E-state index contributed by atoms with van der Waals surface area (Å²) in [5.41, 5.74) is 3.81. The van der Waals surface area contributed by atoms with Crippen LogP contribution in [0.15, 0.2) is 84.9 Å². The lowest BCUT2D eigenvalue weighted by atomic mass is 10.0. The highest BCUT2D eigenvalue weighted by Gasteiger charge is 2.56. The molecule has 7 nitrogen and oxygen atoms in total. The summed E-state index contributed by atoms with van der Waals surface area (Å²) in [5.74, 6) is -0.0000373. The first-order valence-corrected chi connectivity index (χ1v) is 12.0. The molecule has 176 valence electrons. The first-order valence-electron chi connectivity index (χ1n) is 12.0. The van der Waals surface area contributed by atoms with Gasteiger partial charge in [0.1, 0.15) is 6.04 Å². The molecule has 3 aromatic rings. The third kappa shape index (κ3) is 3.83. The quantitative estimate of drug-likeness (QED) is 0.580. The van der Waals surface area contributed by atoms with Gasteiger partial charge < -0.3 is 15.1 Å². The first kappa shape index (κ1) is 21.4. The van der Waals surface area contributed by atoms with Crippen molar-refractivity contribution in [2.45, 2.75) is 24.4 Å². The van der Waals surface area contributed by atoms with Crippen molar-refractivity contribution in [1.82, 2.24) is 14.7 Å². The summed E-state index contributed by atoms with van der Waals surface area (Å²) in [6.07, 6.45) is 0.794. The Morgan fingerprint density at radius 2 is 1.51 bits per heavy atom. The number of carbonyl (C=O) groups excluding carboxylic acids is 3. The number of hydrogen-bond acceptors (Lipinski definition) is 3. The summed E-state index contributed by atoms with van der Waals surface area (Å²) in [6, 6.07) is 26.4. The fourth-order valence-corrected chi connectivity index (χ4v) is 5.29. The fraction of sp³-hybridized carbons (Fsp3) is 0.250. The molecule has 2 aliphatic heterocycles. The Kier molecular flexibility index (Phi) is 5.25. The van der Waals surface area contributed by atoms with Crippen LogP contribution >= 0.6 is 0 Å². The van der Waals surface area contributed by atoms with Gasteiger partial charge in [-0.2, -0.15) is 0 Å². The van der Waals surface area contributed by atoms with Crippen LogP contribution in [0.4, 0.5) is 15.3 Å². The van der Waals surface area contributed by atoms with E-state index in [1.807, 2.05) is 84.9 Å². The topological polar surface area (TPSA) is 73.0 Å². The number of piperazine rings is 1. The lowest BCUT2D eigenvalue weighted by Gasteiger charge is -2.35. The van der Waals surface area contributed by atoms with Crippen molar-refractivity contribution in [1.29, 1.82) is 0 Å². The molecule has 0 bridgehead atoms. The maximum absolute atomic E-state index is 13.3. The number of nitrogens with zero attached hydrogens (tertiary/aromatic N) is 3. The summed E-state index contributed by atoms with van der Waals surface area (Å²) in [7, 11) is 0. The Labute approximate surface area is 203 Å². The van der Waals surface area contributed by atoms with Gasteiger partial charge in [0.15, 0.2) is 0 Å². The maximum Gasteiger partial charge on any atom is 0.327 e. The lowest BCUT2D eigenvalue weighted by molar-refractivity contribution is -0.129. The van der Waals surface area contributed by atoms with E-state index in [1.54, 1.807) is 9.80 Å². The number of amides is 5. The second-order valence-corrected chi connectivity index (χ2v) is 9.31. The smallest absolute Gasteiger partial charge is 0.320 e.